The highest BCUT2D eigenvalue weighted by Crippen LogP contribution is 2.50. The van der Waals surface area contributed by atoms with Crippen LogP contribution in [-0.2, 0) is 6.54 Å². The standard InChI is InChI=1S/C17H22N2/c1-12-4-6-14-8-13(5-7-16(14)19-12)10-18-11-15-9-17(15,2)3/h4-8,15,18H,9-11H2,1-3H3. The second-order valence-electron chi connectivity index (χ2n) is 6.50. The summed E-state index contributed by atoms with van der Waals surface area (Å²) in [5, 5.41) is 4.81. The van der Waals surface area contributed by atoms with Gasteiger partial charge >= 0.3 is 0 Å². The molecule has 1 aliphatic rings. The lowest BCUT2D eigenvalue weighted by Gasteiger charge is -2.07. The number of pyridine rings is 1. The number of aryl methyl sites for hydroxylation is 1. The Morgan fingerprint density at radius 3 is 2.79 bits per heavy atom. The Morgan fingerprint density at radius 2 is 2.05 bits per heavy atom. The first-order valence-corrected chi connectivity index (χ1v) is 7.12. The molecule has 2 aromatic rings. The second kappa shape index (κ2) is 4.61. The minimum absolute atomic E-state index is 0.567. The number of aromatic nitrogens is 1. The predicted molar refractivity (Wildman–Crippen MR) is 80.1 cm³/mol. The van der Waals surface area contributed by atoms with E-state index >= 15 is 0 Å². The Kier molecular flexibility index (Phi) is 3.06. The molecule has 1 aromatic heterocycles. The van der Waals surface area contributed by atoms with Crippen molar-refractivity contribution in [1.29, 1.82) is 0 Å². The number of nitrogens with one attached hydrogen (secondary N) is 1. The van der Waals surface area contributed by atoms with Gasteiger partial charge in [-0.25, -0.2) is 0 Å². The van der Waals surface area contributed by atoms with E-state index in [2.05, 4.69) is 54.5 Å². The Hall–Kier alpha value is -1.41. The van der Waals surface area contributed by atoms with Gasteiger partial charge in [-0.2, -0.15) is 0 Å². The van der Waals surface area contributed by atoms with E-state index in [4.69, 9.17) is 0 Å². The minimum Gasteiger partial charge on any atom is -0.312 e. The van der Waals surface area contributed by atoms with E-state index in [1.807, 2.05) is 6.92 Å². The highest BCUT2D eigenvalue weighted by molar-refractivity contribution is 5.79. The van der Waals surface area contributed by atoms with Crippen molar-refractivity contribution in [2.45, 2.75) is 33.7 Å². The summed E-state index contributed by atoms with van der Waals surface area (Å²) < 4.78 is 0. The molecular weight excluding hydrogens is 232 g/mol. The average molecular weight is 254 g/mol. The summed E-state index contributed by atoms with van der Waals surface area (Å²) >= 11 is 0. The van der Waals surface area contributed by atoms with E-state index < -0.39 is 0 Å². The van der Waals surface area contributed by atoms with Crippen molar-refractivity contribution in [3.63, 3.8) is 0 Å². The smallest absolute Gasteiger partial charge is 0.0705 e. The molecule has 2 heteroatoms. The molecule has 100 valence electrons. The molecule has 1 heterocycles. The first-order chi connectivity index (χ1) is 9.04. The Morgan fingerprint density at radius 1 is 1.26 bits per heavy atom. The monoisotopic (exact) mass is 254 g/mol. The van der Waals surface area contributed by atoms with Crippen molar-refractivity contribution in [3.05, 3.63) is 41.6 Å². The van der Waals surface area contributed by atoms with E-state index in [1.165, 1.54) is 17.4 Å². The molecular formula is C17H22N2. The summed E-state index contributed by atoms with van der Waals surface area (Å²) in [6.45, 7) is 8.83. The zero-order chi connectivity index (χ0) is 13.5. The van der Waals surface area contributed by atoms with Crippen LogP contribution < -0.4 is 5.32 Å². The molecule has 1 atom stereocenters. The van der Waals surface area contributed by atoms with Crippen molar-refractivity contribution >= 4 is 10.9 Å². The molecule has 1 unspecified atom stereocenters. The van der Waals surface area contributed by atoms with E-state index in [9.17, 15) is 0 Å². The molecule has 1 fully saturated rings. The molecule has 1 N–H and O–H groups in total. The van der Waals surface area contributed by atoms with Crippen molar-refractivity contribution in [1.82, 2.24) is 10.3 Å². The number of fused-ring (bicyclic) bond motifs is 1. The molecule has 0 bridgehead atoms. The van der Waals surface area contributed by atoms with Crippen LogP contribution in [0, 0.1) is 18.3 Å². The van der Waals surface area contributed by atoms with Crippen LogP contribution in [0.25, 0.3) is 10.9 Å². The lowest BCUT2D eigenvalue weighted by Crippen LogP contribution is -2.18. The van der Waals surface area contributed by atoms with Gasteiger partial charge < -0.3 is 5.32 Å². The normalized spacial score (nSPS) is 20.7. The summed E-state index contributed by atoms with van der Waals surface area (Å²) in [6.07, 6.45) is 1.36. The van der Waals surface area contributed by atoms with Gasteiger partial charge in [0.1, 0.15) is 0 Å². The highest BCUT2D eigenvalue weighted by atomic mass is 14.9. The third-order valence-electron chi connectivity index (χ3n) is 4.33. The zero-order valence-corrected chi connectivity index (χ0v) is 12.0. The number of rotatable bonds is 4. The Balaban J connectivity index is 1.63. The van der Waals surface area contributed by atoms with Gasteiger partial charge in [0.2, 0.25) is 0 Å². The number of benzene rings is 1. The third-order valence-corrected chi connectivity index (χ3v) is 4.33. The first-order valence-electron chi connectivity index (χ1n) is 7.12. The van der Waals surface area contributed by atoms with E-state index in [0.717, 1.165) is 30.2 Å². The van der Waals surface area contributed by atoms with Crippen LogP contribution in [0.4, 0.5) is 0 Å². The van der Waals surface area contributed by atoms with E-state index in [-0.39, 0.29) is 0 Å². The van der Waals surface area contributed by atoms with E-state index in [1.54, 1.807) is 0 Å². The molecule has 0 radical (unpaired) electrons. The Bertz CT molecular complexity index is 601. The summed E-state index contributed by atoms with van der Waals surface area (Å²) in [7, 11) is 0. The lowest BCUT2D eigenvalue weighted by molar-refractivity contribution is 0.519. The van der Waals surface area contributed by atoms with Crippen molar-refractivity contribution in [2.75, 3.05) is 6.54 Å². The van der Waals surface area contributed by atoms with Gasteiger partial charge in [-0.3, -0.25) is 4.98 Å². The van der Waals surface area contributed by atoms with Crippen LogP contribution >= 0.6 is 0 Å². The number of hydrogen-bond donors (Lipinski definition) is 1. The van der Waals surface area contributed by atoms with Crippen molar-refractivity contribution in [2.24, 2.45) is 11.3 Å². The molecule has 0 saturated heterocycles. The molecule has 1 aliphatic carbocycles. The third kappa shape index (κ3) is 2.79. The highest BCUT2D eigenvalue weighted by Gasteiger charge is 2.44. The maximum Gasteiger partial charge on any atom is 0.0705 e. The number of hydrogen-bond acceptors (Lipinski definition) is 2. The van der Waals surface area contributed by atoms with Gasteiger partial charge in [0, 0.05) is 17.6 Å². The van der Waals surface area contributed by atoms with Gasteiger partial charge in [-0.15, -0.1) is 0 Å². The molecule has 0 amide bonds. The quantitative estimate of drug-likeness (QED) is 0.900. The molecule has 3 rings (SSSR count). The minimum atomic E-state index is 0.567. The predicted octanol–water partition coefficient (Wildman–Crippen LogP) is 3.68. The molecule has 1 aromatic carbocycles. The van der Waals surface area contributed by atoms with Gasteiger partial charge in [-0.1, -0.05) is 26.0 Å². The van der Waals surface area contributed by atoms with Gasteiger partial charge in [-0.05, 0) is 55.0 Å². The summed E-state index contributed by atoms with van der Waals surface area (Å²) in [5.74, 6) is 0.859. The topological polar surface area (TPSA) is 24.9 Å². The zero-order valence-electron chi connectivity index (χ0n) is 12.0. The summed E-state index contributed by atoms with van der Waals surface area (Å²) in [5.41, 5.74) is 4.08. The van der Waals surface area contributed by atoms with Gasteiger partial charge in [0.15, 0.2) is 0 Å². The van der Waals surface area contributed by atoms with Crippen molar-refractivity contribution < 1.29 is 0 Å². The van der Waals surface area contributed by atoms with Crippen LogP contribution in [0.3, 0.4) is 0 Å². The number of nitrogens with zero attached hydrogens (tertiary/aromatic N) is 1. The van der Waals surface area contributed by atoms with Crippen LogP contribution in [0.5, 0.6) is 0 Å². The second-order valence-corrected chi connectivity index (χ2v) is 6.50. The summed E-state index contributed by atoms with van der Waals surface area (Å²) in [6, 6.07) is 10.8. The van der Waals surface area contributed by atoms with Crippen LogP contribution in [0.15, 0.2) is 30.3 Å². The maximum atomic E-state index is 4.53. The molecule has 19 heavy (non-hydrogen) atoms. The van der Waals surface area contributed by atoms with Gasteiger partial charge in [0.05, 0.1) is 5.52 Å². The average Bonchev–Trinajstić information content (AvgIpc) is 2.97. The maximum absolute atomic E-state index is 4.53. The fourth-order valence-corrected chi connectivity index (χ4v) is 2.70. The first kappa shape index (κ1) is 12.6. The fraction of sp³-hybridized carbons (Fsp3) is 0.471. The largest absolute Gasteiger partial charge is 0.312 e. The molecule has 2 nitrogen and oxygen atoms in total. The van der Waals surface area contributed by atoms with Gasteiger partial charge in [0.25, 0.3) is 0 Å². The van der Waals surface area contributed by atoms with Crippen molar-refractivity contribution in [3.8, 4) is 0 Å². The van der Waals surface area contributed by atoms with Crippen LogP contribution in [-0.4, -0.2) is 11.5 Å². The molecule has 0 spiro atoms. The fourth-order valence-electron chi connectivity index (χ4n) is 2.70. The summed E-state index contributed by atoms with van der Waals surface area (Å²) in [4.78, 5) is 4.53. The lowest BCUT2D eigenvalue weighted by atomic mass is 10.1. The van der Waals surface area contributed by atoms with Crippen LogP contribution in [0.1, 0.15) is 31.5 Å². The Labute approximate surface area is 115 Å². The van der Waals surface area contributed by atoms with E-state index in [0.29, 0.717) is 5.41 Å². The van der Waals surface area contributed by atoms with Crippen LogP contribution in [0.2, 0.25) is 0 Å². The SMILES string of the molecule is Cc1ccc2cc(CNCC3CC3(C)C)ccc2n1. The molecule has 0 aliphatic heterocycles. The molecule has 1 saturated carbocycles.